The van der Waals surface area contributed by atoms with E-state index in [1.165, 1.54) is 0 Å². The van der Waals surface area contributed by atoms with Crippen molar-refractivity contribution in [2.45, 2.75) is 31.0 Å². The zero-order chi connectivity index (χ0) is 9.41. The highest BCUT2D eigenvalue weighted by Crippen LogP contribution is 2.35. The Morgan fingerprint density at radius 2 is 1.92 bits per heavy atom. The predicted octanol–water partition coefficient (Wildman–Crippen LogP) is 2.10. The molecule has 1 fully saturated rings. The average Bonchev–Trinajstić information content (AvgIpc) is 2.03. The molecule has 0 aromatic heterocycles. The van der Waals surface area contributed by atoms with Crippen LogP contribution in [0.15, 0.2) is 0 Å². The van der Waals surface area contributed by atoms with Gasteiger partial charge in [0.25, 0.3) is 5.91 Å². The van der Waals surface area contributed by atoms with Crippen molar-refractivity contribution in [2.24, 2.45) is 5.41 Å². The van der Waals surface area contributed by atoms with Gasteiger partial charge in [0.15, 0.2) is 4.33 Å². The Morgan fingerprint density at radius 1 is 1.33 bits per heavy atom. The molecule has 0 bridgehead atoms. The molecule has 1 aliphatic rings. The number of hydrogen-bond acceptors (Lipinski definition) is 1. The number of carbonyl (C=O) groups excluding carboxylic acids is 1. The van der Waals surface area contributed by atoms with Gasteiger partial charge in [0.2, 0.25) is 0 Å². The fourth-order valence-corrected chi connectivity index (χ4v) is 1.47. The summed E-state index contributed by atoms with van der Waals surface area (Å²) in [5, 5.41) is 2.72. The van der Waals surface area contributed by atoms with Gasteiger partial charge in [-0.25, -0.2) is 0 Å². The van der Waals surface area contributed by atoms with Crippen LogP contribution in [-0.2, 0) is 4.79 Å². The molecule has 1 heterocycles. The molecule has 0 atom stereocenters. The largest absolute Gasteiger partial charge is 0.353 e. The van der Waals surface area contributed by atoms with E-state index in [9.17, 15) is 4.79 Å². The van der Waals surface area contributed by atoms with E-state index in [-0.39, 0.29) is 11.3 Å². The van der Waals surface area contributed by atoms with Gasteiger partial charge in [-0.15, -0.1) is 0 Å². The van der Waals surface area contributed by atoms with Crippen LogP contribution in [0.5, 0.6) is 0 Å². The maximum atomic E-state index is 11.2. The summed E-state index contributed by atoms with van der Waals surface area (Å²) in [6, 6.07) is 0. The monoisotopic (exact) mass is 209 g/mol. The van der Waals surface area contributed by atoms with Gasteiger partial charge in [0.05, 0.1) is 0 Å². The van der Waals surface area contributed by atoms with Crippen molar-refractivity contribution in [2.75, 3.05) is 6.54 Å². The fourth-order valence-electron chi connectivity index (χ4n) is 1.15. The molecular weight excluding hydrogens is 197 g/mol. The predicted molar refractivity (Wildman–Crippen MR) is 50.5 cm³/mol. The lowest BCUT2D eigenvalue weighted by Gasteiger charge is -2.21. The van der Waals surface area contributed by atoms with E-state index < -0.39 is 4.33 Å². The Balaban J connectivity index is 2.73. The normalized spacial score (nSPS) is 27.5. The Labute approximate surface area is 82.6 Å². The van der Waals surface area contributed by atoms with Crippen LogP contribution in [0.25, 0.3) is 0 Å². The molecule has 0 aromatic carbocycles. The van der Waals surface area contributed by atoms with E-state index in [0.717, 1.165) is 6.42 Å². The molecule has 1 rings (SSSR count). The van der Waals surface area contributed by atoms with Crippen LogP contribution in [0.2, 0.25) is 0 Å². The molecule has 2 nitrogen and oxygen atoms in total. The molecule has 70 valence electrons. The number of halogens is 2. The van der Waals surface area contributed by atoms with Crippen LogP contribution in [0.4, 0.5) is 0 Å². The lowest BCUT2D eigenvalue weighted by molar-refractivity contribution is -0.121. The SMILES string of the molecule is CC1(C)CCC(Cl)(Cl)C(=O)NC1. The van der Waals surface area contributed by atoms with Gasteiger partial charge in [0, 0.05) is 6.54 Å². The van der Waals surface area contributed by atoms with E-state index in [4.69, 9.17) is 23.2 Å². The third-order valence-corrected chi connectivity index (χ3v) is 2.90. The van der Waals surface area contributed by atoms with Crippen LogP contribution < -0.4 is 5.32 Å². The zero-order valence-electron chi connectivity index (χ0n) is 7.29. The first-order chi connectivity index (χ1) is 5.33. The Hall–Kier alpha value is 0.0500. The van der Waals surface area contributed by atoms with Crippen molar-refractivity contribution in [3.63, 3.8) is 0 Å². The fraction of sp³-hybridized carbons (Fsp3) is 0.875. The Bertz CT molecular complexity index is 201. The zero-order valence-corrected chi connectivity index (χ0v) is 8.80. The first-order valence-corrected chi connectivity index (χ1v) is 4.75. The maximum absolute atomic E-state index is 11.2. The maximum Gasteiger partial charge on any atom is 0.256 e. The number of amides is 1. The van der Waals surface area contributed by atoms with E-state index in [1.807, 2.05) is 0 Å². The summed E-state index contributed by atoms with van der Waals surface area (Å²) < 4.78 is -1.23. The van der Waals surface area contributed by atoms with Gasteiger partial charge in [-0.2, -0.15) is 0 Å². The van der Waals surface area contributed by atoms with Gasteiger partial charge >= 0.3 is 0 Å². The summed E-state index contributed by atoms with van der Waals surface area (Å²) in [5.74, 6) is -0.267. The lowest BCUT2D eigenvalue weighted by atomic mass is 9.88. The second kappa shape index (κ2) is 3.08. The van der Waals surface area contributed by atoms with Gasteiger partial charge in [0.1, 0.15) is 0 Å². The molecule has 1 saturated heterocycles. The molecule has 0 radical (unpaired) electrons. The van der Waals surface area contributed by atoms with Gasteiger partial charge in [-0.05, 0) is 18.3 Å². The molecule has 1 amide bonds. The first kappa shape index (κ1) is 10.1. The highest BCUT2D eigenvalue weighted by Gasteiger charge is 2.38. The number of hydrogen-bond donors (Lipinski definition) is 1. The second-order valence-electron chi connectivity index (χ2n) is 4.05. The van der Waals surface area contributed by atoms with Gasteiger partial charge in [-0.3, -0.25) is 4.79 Å². The quantitative estimate of drug-likeness (QED) is 0.609. The third-order valence-electron chi connectivity index (χ3n) is 2.18. The number of rotatable bonds is 0. The molecule has 0 unspecified atom stereocenters. The summed E-state index contributed by atoms with van der Waals surface area (Å²) in [7, 11) is 0. The topological polar surface area (TPSA) is 29.1 Å². The van der Waals surface area contributed by atoms with E-state index in [1.54, 1.807) is 0 Å². The van der Waals surface area contributed by atoms with Crippen LogP contribution in [0.3, 0.4) is 0 Å². The van der Waals surface area contributed by atoms with E-state index in [0.29, 0.717) is 13.0 Å². The Morgan fingerprint density at radius 3 is 2.50 bits per heavy atom. The Kier molecular flexibility index (Phi) is 2.60. The lowest BCUT2D eigenvalue weighted by Crippen LogP contribution is -2.38. The van der Waals surface area contributed by atoms with E-state index >= 15 is 0 Å². The first-order valence-electron chi connectivity index (χ1n) is 4.00. The minimum absolute atomic E-state index is 0.0984. The van der Waals surface area contributed by atoms with Crippen LogP contribution in [0, 0.1) is 5.41 Å². The van der Waals surface area contributed by atoms with E-state index in [2.05, 4.69) is 19.2 Å². The summed E-state index contributed by atoms with van der Waals surface area (Å²) in [5.41, 5.74) is 0.0984. The smallest absolute Gasteiger partial charge is 0.256 e. The second-order valence-corrected chi connectivity index (χ2v) is 5.54. The van der Waals surface area contributed by atoms with Crippen molar-refractivity contribution in [1.29, 1.82) is 0 Å². The standard InChI is InChI=1S/C8H13Cl2NO/c1-7(2)3-4-8(9,10)6(12)11-5-7/h3-5H2,1-2H3,(H,11,12). The average molecular weight is 210 g/mol. The van der Waals surface area contributed by atoms with Crippen LogP contribution in [-0.4, -0.2) is 16.8 Å². The summed E-state index contributed by atoms with van der Waals surface area (Å²) >= 11 is 11.6. The molecule has 0 aromatic rings. The van der Waals surface area contributed by atoms with Crippen molar-refractivity contribution >= 4 is 29.1 Å². The van der Waals surface area contributed by atoms with Gasteiger partial charge < -0.3 is 5.32 Å². The summed E-state index contributed by atoms with van der Waals surface area (Å²) in [6.07, 6.45) is 1.38. The third kappa shape index (κ3) is 2.27. The molecule has 0 aliphatic carbocycles. The van der Waals surface area contributed by atoms with Crippen molar-refractivity contribution in [1.82, 2.24) is 5.32 Å². The molecule has 0 saturated carbocycles. The molecule has 0 spiro atoms. The van der Waals surface area contributed by atoms with Crippen molar-refractivity contribution in [3.8, 4) is 0 Å². The number of carbonyl (C=O) groups is 1. The van der Waals surface area contributed by atoms with Gasteiger partial charge in [-0.1, -0.05) is 37.0 Å². The highest BCUT2D eigenvalue weighted by molar-refractivity contribution is 6.58. The van der Waals surface area contributed by atoms with Crippen molar-refractivity contribution < 1.29 is 4.79 Å². The molecule has 1 N–H and O–H groups in total. The molecule has 12 heavy (non-hydrogen) atoms. The molecule has 4 heteroatoms. The molecule has 1 aliphatic heterocycles. The summed E-state index contributed by atoms with van der Waals surface area (Å²) in [4.78, 5) is 11.2. The van der Waals surface area contributed by atoms with Crippen LogP contribution >= 0.6 is 23.2 Å². The number of nitrogens with one attached hydrogen (secondary N) is 1. The summed E-state index contributed by atoms with van der Waals surface area (Å²) in [6.45, 7) is 4.82. The highest BCUT2D eigenvalue weighted by atomic mass is 35.5. The molecular formula is C8H13Cl2NO. The number of alkyl halides is 2. The van der Waals surface area contributed by atoms with Crippen LogP contribution in [0.1, 0.15) is 26.7 Å². The minimum atomic E-state index is -1.23. The van der Waals surface area contributed by atoms with Crippen molar-refractivity contribution in [3.05, 3.63) is 0 Å². The minimum Gasteiger partial charge on any atom is -0.353 e.